The Morgan fingerprint density at radius 1 is 1.45 bits per heavy atom. The summed E-state index contributed by atoms with van der Waals surface area (Å²) in [6.07, 6.45) is 0.899. The molecule has 0 saturated carbocycles. The van der Waals surface area contributed by atoms with E-state index < -0.39 is 0 Å². The van der Waals surface area contributed by atoms with Gasteiger partial charge in [-0.3, -0.25) is 0 Å². The summed E-state index contributed by atoms with van der Waals surface area (Å²) in [6, 6.07) is 6.65. The van der Waals surface area contributed by atoms with E-state index in [0.717, 1.165) is 23.1 Å². The first-order valence-electron chi connectivity index (χ1n) is 6.61. The van der Waals surface area contributed by atoms with Crippen molar-refractivity contribution in [3.63, 3.8) is 0 Å². The molecule has 1 unspecified atom stereocenters. The van der Waals surface area contributed by atoms with Crippen LogP contribution in [0.3, 0.4) is 0 Å². The van der Waals surface area contributed by atoms with Gasteiger partial charge in [0, 0.05) is 22.4 Å². The highest BCUT2D eigenvalue weighted by Crippen LogP contribution is 2.29. The topological polar surface area (TPSA) is 42.2 Å². The van der Waals surface area contributed by atoms with Gasteiger partial charge in [0.05, 0.1) is 23.4 Å². The van der Waals surface area contributed by atoms with Crippen LogP contribution in [-0.2, 0) is 13.0 Å². The first-order chi connectivity index (χ1) is 9.47. The molecule has 0 aliphatic carbocycles. The maximum atomic E-state index is 5.85. The van der Waals surface area contributed by atoms with Gasteiger partial charge >= 0.3 is 0 Å². The van der Waals surface area contributed by atoms with E-state index in [2.05, 4.69) is 58.0 Å². The molecule has 2 rings (SSSR count). The van der Waals surface area contributed by atoms with Gasteiger partial charge in [-0.05, 0) is 53.9 Å². The van der Waals surface area contributed by atoms with E-state index in [-0.39, 0.29) is 6.04 Å². The molecular formula is C15H20BrN3S. The van der Waals surface area contributed by atoms with E-state index in [1.807, 2.05) is 12.4 Å². The van der Waals surface area contributed by atoms with Crippen molar-refractivity contribution in [3.8, 4) is 0 Å². The number of nitrogens with two attached hydrogens (primary N) is 1. The number of hydrogen-bond donors (Lipinski definition) is 1. The van der Waals surface area contributed by atoms with Crippen molar-refractivity contribution in [2.24, 2.45) is 5.73 Å². The molecule has 0 fully saturated rings. The van der Waals surface area contributed by atoms with Crippen LogP contribution in [-0.4, -0.2) is 18.1 Å². The number of halogens is 1. The van der Waals surface area contributed by atoms with Gasteiger partial charge in [0.25, 0.3) is 0 Å². The molecule has 1 heterocycles. The van der Waals surface area contributed by atoms with E-state index in [0.29, 0.717) is 0 Å². The minimum atomic E-state index is 0.185. The van der Waals surface area contributed by atoms with E-state index in [1.165, 1.54) is 16.1 Å². The molecule has 5 heteroatoms. The second-order valence-corrected chi connectivity index (χ2v) is 6.98. The SMILES string of the molecule is Cc1ncsc1CN(C)c1ccc(CC(C)N)cc1Br. The molecule has 3 nitrogen and oxygen atoms in total. The molecule has 1 atom stereocenters. The maximum absolute atomic E-state index is 5.85. The Morgan fingerprint density at radius 3 is 2.75 bits per heavy atom. The average molecular weight is 354 g/mol. The van der Waals surface area contributed by atoms with Crippen molar-refractivity contribution < 1.29 is 0 Å². The van der Waals surface area contributed by atoms with Gasteiger partial charge in [0.2, 0.25) is 0 Å². The molecule has 0 radical (unpaired) electrons. The van der Waals surface area contributed by atoms with E-state index in [9.17, 15) is 0 Å². The van der Waals surface area contributed by atoms with Crippen LogP contribution >= 0.6 is 27.3 Å². The van der Waals surface area contributed by atoms with Crippen molar-refractivity contribution in [3.05, 3.63) is 44.3 Å². The Labute approximate surface area is 133 Å². The predicted octanol–water partition coefficient (Wildman–Crippen LogP) is 3.74. The fourth-order valence-corrected chi connectivity index (χ4v) is 3.70. The van der Waals surface area contributed by atoms with Crippen LogP contribution in [0.4, 0.5) is 5.69 Å². The lowest BCUT2D eigenvalue weighted by atomic mass is 10.1. The third-order valence-electron chi connectivity index (χ3n) is 3.21. The highest BCUT2D eigenvalue weighted by atomic mass is 79.9. The first kappa shape index (κ1) is 15.5. The Hall–Kier alpha value is -0.910. The zero-order chi connectivity index (χ0) is 14.7. The molecule has 1 aromatic heterocycles. The number of anilines is 1. The fourth-order valence-electron chi connectivity index (χ4n) is 2.14. The smallest absolute Gasteiger partial charge is 0.0798 e. The van der Waals surface area contributed by atoms with Gasteiger partial charge in [0.1, 0.15) is 0 Å². The average Bonchev–Trinajstić information content (AvgIpc) is 2.74. The summed E-state index contributed by atoms with van der Waals surface area (Å²) in [5, 5.41) is 0. The van der Waals surface area contributed by atoms with Gasteiger partial charge in [0.15, 0.2) is 0 Å². The number of aryl methyl sites for hydroxylation is 1. The Balaban J connectivity index is 2.14. The summed E-state index contributed by atoms with van der Waals surface area (Å²) < 4.78 is 1.11. The summed E-state index contributed by atoms with van der Waals surface area (Å²) in [4.78, 5) is 7.84. The van der Waals surface area contributed by atoms with E-state index >= 15 is 0 Å². The molecule has 108 valence electrons. The van der Waals surface area contributed by atoms with Gasteiger partial charge < -0.3 is 10.6 Å². The molecular weight excluding hydrogens is 334 g/mol. The molecule has 0 aliphatic heterocycles. The molecule has 0 spiro atoms. The van der Waals surface area contributed by atoms with Crippen LogP contribution in [0, 0.1) is 6.92 Å². The number of nitrogens with zero attached hydrogens (tertiary/aromatic N) is 2. The van der Waals surface area contributed by atoms with Crippen molar-refractivity contribution in [2.75, 3.05) is 11.9 Å². The zero-order valence-electron chi connectivity index (χ0n) is 12.1. The Kier molecular flexibility index (Phi) is 5.18. The monoisotopic (exact) mass is 353 g/mol. The lowest BCUT2D eigenvalue weighted by Crippen LogP contribution is -2.19. The predicted molar refractivity (Wildman–Crippen MR) is 90.5 cm³/mol. The maximum Gasteiger partial charge on any atom is 0.0798 e. The zero-order valence-corrected chi connectivity index (χ0v) is 14.5. The Bertz CT molecular complexity index is 580. The molecule has 0 aliphatic rings. The van der Waals surface area contributed by atoms with Crippen LogP contribution in [0.1, 0.15) is 23.1 Å². The number of hydrogen-bond acceptors (Lipinski definition) is 4. The highest BCUT2D eigenvalue weighted by Gasteiger charge is 2.10. The summed E-state index contributed by atoms with van der Waals surface area (Å²) in [5.41, 5.74) is 11.3. The van der Waals surface area contributed by atoms with E-state index in [1.54, 1.807) is 11.3 Å². The van der Waals surface area contributed by atoms with Gasteiger partial charge in [-0.1, -0.05) is 6.07 Å². The summed E-state index contributed by atoms with van der Waals surface area (Å²) in [7, 11) is 2.10. The van der Waals surface area contributed by atoms with Crippen molar-refractivity contribution in [1.29, 1.82) is 0 Å². The van der Waals surface area contributed by atoms with Crippen molar-refractivity contribution in [1.82, 2.24) is 4.98 Å². The van der Waals surface area contributed by atoms with Crippen LogP contribution in [0.15, 0.2) is 28.2 Å². The van der Waals surface area contributed by atoms with Crippen LogP contribution in [0.2, 0.25) is 0 Å². The molecule has 0 bridgehead atoms. The third-order valence-corrected chi connectivity index (χ3v) is 4.76. The molecule has 0 saturated heterocycles. The quantitative estimate of drug-likeness (QED) is 0.889. The second kappa shape index (κ2) is 6.70. The number of rotatable bonds is 5. The third kappa shape index (κ3) is 3.81. The lowest BCUT2D eigenvalue weighted by Gasteiger charge is -2.21. The standard InChI is InChI=1S/C15H20BrN3S/c1-10(17)6-12-4-5-14(13(16)7-12)19(3)8-15-11(2)18-9-20-15/h4-5,7,9-10H,6,8,17H2,1-3H3. The number of aromatic nitrogens is 1. The van der Waals surface area contributed by atoms with Crippen molar-refractivity contribution in [2.45, 2.75) is 32.9 Å². The molecule has 2 N–H and O–H groups in total. The number of benzene rings is 1. The van der Waals surface area contributed by atoms with Crippen molar-refractivity contribution >= 4 is 33.0 Å². The Morgan fingerprint density at radius 2 is 2.20 bits per heavy atom. The van der Waals surface area contributed by atoms with Crippen LogP contribution in [0.25, 0.3) is 0 Å². The van der Waals surface area contributed by atoms with Crippen LogP contribution in [0.5, 0.6) is 0 Å². The van der Waals surface area contributed by atoms with Gasteiger partial charge in [-0.25, -0.2) is 4.98 Å². The minimum Gasteiger partial charge on any atom is -0.368 e. The first-order valence-corrected chi connectivity index (χ1v) is 8.28. The number of thiazole rings is 1. The summed E-state index contributed by atoms with van der Waals surface area (Å²) >= 11 is 5.37. The van der Waals surface area contributed by atoms with Gasteiger partial charge in [-0.2, -0.15) is 0 Å². The molecule has 20 heavy (non-hydrogen) atoms. The second-order valence-electron chi connectivity index (χ2n) is 5.18. The van der Waals surface area contributed by atoms with Crippen LogP contribution < -0.4 is 10.6 Å². The van der Waals surface area contributed by atoms with E-state index in [4.69, 9.17) is 5.73 Å². The molecule has 0 amide bonds. The summed E-state index contributed by atoms with van der Waals surface area (Å²) in [6.45, 7) is 4.96. The highest BCUT2D eigenvalue weighted by molar-refractivity contribution is 9.10. The molecule has 2 aromatic rings. The normalized spacial score (nSPS) is 12.4. The molecule has 1 aromatic carbocycles. The van der Waals surface area contributed by atoms with Gasteiger partial charge in [-0.15, -0.1) is 11.3 Å². The fraction of sp³-hybridized carbons (Fsp3) is 0.400. The largest absolute Gasteiger partial charge is 0.368 e. The summed E-state index contributed by atoms with van der Waals surface area (Å²) in [5.74, 6) is 0. The minimum absolute atomic E-state index is 0.185. The lowest BCUT2D eigenvalue weighted by molar-refractivity contribution is 0.737.